The molecule has 4 nitrogen and oxygen atoms in total. The lowest BCUT2D eigenvalue weighted by molar-refractivity contribution is -0.122. The van der Waals surface area contributed by atoms with Crippen molar-refractivity contribution in [3.63, 3.8) is 0 Å². The Morgan fingerprint density at radius 1 is 1.19 bits per heavy atom. The van der Waals surface area contributed by atoms with E-state index < -0.39 is 0 Å². The number of amides is 1. The molecular weight excluding hydrogens is 344 g/mol. The van der Waals surface area contributed by atoms with Crippen LogP contribution >= 0.6 is 11.8 Å². The van der Waals surface area contributed by atoms with E-state index in [1.54, 1.807) is 12.0 Å². The van der Waals surface area contributed by atoms with Crippen LogP contribution in [0.3, 0.4) is 0 Å². The van der Waals surface area contributed by atoms with E-state index in [9.17, 15) is 4.79 Å². The first-order valence-electron chi connectivity index (χ1n) is 8.62. The van der Waals surface area contributed by atoms with Gasteiger partial charge in [-0.25, -0.2) is 4.99 Å². The second-order valence-electron chi connectivity index (χ2n) is 6.03. The Balaban J connectivity index is 1.94. The summed E-state index contributed by atoms with van der Waals surface area (Å²) < 4.78 is 5.38. The van der Waals surface area contributed by atoms with E-state index in [0.29, 0.717) is 11.4 Å². The van der Waals surface area contributed by atoms with Gasteiger partial charge in [0.2, 0.25) is 0 Å². The van der Waals surface area contributed by atoms with Gasteiger partial charge in [0.15, 0.2) is 5.17 Å². The van der Waals surface area contributed by atoms with Crippen LogP contribution in [0.25, 0.3) is 6.08 Å². The molecule has 0 saturated carbocycles. The standard InChI is InChI=1S/C21H22N2O2S/c1-4-12-23-20(24)19(14-16-11-10-15(2)18(13-16)25-3)26-21(23)22-17-8-6-5-7-9-17/h5-11,13-14H,4,12H2,1-3H3/b19-14+,22-21?. The fourth-order valence-electron chi connectivity index (χ4n) is 2.70. The van der Waals surface area contributed by atoms with Gasteiger partial charge in [0.05, 0.1) is 17.7 Å². The first-order valence-corrected chi connectivity index (χ1v) is 9.44. The molecule has 2 aromatic rings. The van der Waals surface area contributed by atoms with Gasteiger partial charge in [-0.1, -0.05) is 37.3 Å². The number of rotatable bonds is 5. The van der Waals surface area contributed by atoms with E-state index >= 15 is 0 Å². The normalized spacial score (nSPS) is 17.3. The third kappa shape index (κ3) is 3.99. The molecule has 1 amide bonds. The molecule has 5 heteroatoms. The highest BCUT2D eigenvalue weighted by Crippen LogP contribution is 2.34. The van der Waals surface area contributed by atoms with E-state index in [1.165, 1.54) is 11.8 Å². The van der Waals surface area contributed by atoms with Gasteiger partial charge >= 0.3 is 0 Å². The first-order chi connectivity index (χ1) is 12.6. The van der Waals surface area contributed by atoms with E-state index in [4.69, 9.17) is 4.74 Å². The highest BCUT2D eigenvalue weighted by atomic mass is 32.2. The molecule has 1 fully saturated rings. The number of benzene rings is 2. The maximum atomic E-state index is 12.8. The number of aliphatic imine (C=N–C) groups is 1. The van der Waals surface area contributed by atoms with E-state index in [0.717, 1.165) is 34.2 Å². The fourth-order valence-corrected chi connectivity index (χ4v) is 3.73. The van der Waals surface area contributed by atoms with Crippen molar-refractivity contribution in [2.75, 3.05) is 13.7 Å². The number of hydrogen-bond donors (Lipinski definition) is 0. The number of amidine groups is 1. The van der Waals surface area contributed by atoms with Gasteiger partial charge in [-0.15, -0.1) is 0 Å². The number of carbonyl (C=O) groups is 1. The number of nitrogens with zero attached hydrogens (tertiary/aromatic N) is 2. The summed E-state index contributed by atoms with van der Waals surface area (Å²) in [5.74, 6) is 0.824. The van der Waals surface area contributed by atoms with Crippen molar-refractivity contribution in [3.8, 4) is 5.75 Å². The van der Waals surface area contributed by atoms with E-state index in [-0.39, 0.29) is 5.91 Å². The molecule has 0 spiro atoms. The van der Waals surface area contributed by atoms with Gasteiger partial charge in [0.25, 0.3) is 5.91 Å². The number of thioether (sulfide) groups is 1. The zero-order chi connectivity index (χ0) is 18.5. The minimum absolute atomic E-state index is 0.00562. The summed E-state index contributed by atoms with van der Waals surface area (Å²) in [6, 6.07) is 15.7. The van der Waals surface area contributed by atoms with Crippen LogP contribution in [0.1, 0.15) is 24.5 Å². The number of hydrogen-bond acceptors (Lipinski definition) is 4. The van der Waals surface area contributed by atoms with Crippen LogP contribution in [-0.2, 0) is 4.79 Å². The Labute approximate surface area is 158 Å². The van der Waals surface area contributed by atoms with Crippen LogP contribution in [0, 0.1) is 6.92 Å². The minimum atomic E-state index is 0.00562. The maximum Gasteiger partial charge on any atom is 0.266 e. The summed E-state index contributed by atoms with van der Waals surface area (Å²) in [6.45, 7) is 4.72. The molecule has 0 atom stereocenters. The average molecular weight is 366 g/mol. The fraction of sp³-hybridized carbons (Fsp3) is 0.238. The summed E-state index contributed by atoms with van der Waals surface area (Å²) in [5, 5.41) is 0.730. The topological polar surface area (TPSA) is 41.9 Å². The highest BCUT2D eigenvalue weighted by molar-refractivity contribution is 8.18. The molecule has 0 N–H and O–H groups in total. The van der Waals surface area contributed by atoms with Crippen LogP contribution in [0.15, 0.2) is 58.4 Å². The van der Waals surface area contributed by atoms with Crippen LogP contribution in [-0.4, -0.2) is 29.6 Å². The number of methoxy groups -OCH3 is 1. The molecule has 134 valence electrons. The van der Waals surface area contributed by atoms with Crippen LogP contribution in [0.5, 0.6) is 5.75 Å². The molecule has 1 aliphatic rings. The minimum Gasteiger partial charge on any atom is -0.496 e. The summed E-state index contributed by atoms with van der Waals surface area (Å²) in [6.07, 6.45) is 2.79. The van der Waals surface area contributed by atoms with Gasteiger partial charge in [-0.3, -0.25) is 9.69 Å². The monoisotopic (exact) mass is 366 g/mol. The predicted molar refractivity (Wildman–Crippen MR) is 109 cm³/mol. The molecule has 0 aliphatic carbocycles. The second-order valence-corrected chi connectivity index (χ2v) is 7.04. The lowest BCUT2D eigenvalue weighted by Gasteiger charge is -2.13. The number of aryl methyl sites for hydroxylation is 1. The molecule has 1 aliphatic heterocycles. The zero-order valence-corrected chi connectivity index (χ0v) is 16.0. The molecular formula is C21H22N2O2S. The van der Waals surface area contributed by atoms with Crippen molar-refractivity contribution < 1.29 is 9.53 Å². The van der Waals surface area contributed by atoms with Crippen LogP contribution in [0.2, 0.25) is 0 Å². The second kappa shape index (κ2) is 8.23. The maximum absolute atomic E-state index is 12.8. The number of ether oxygens (including phenoxy) is 1. The third-order valence-corrected chi connectivity index (χ3v) is 5.05. The Morgan fingerprint density at radius 3 is 2.65 bits per heavy atom. The van der Waals surface area contributed by atoms with Gasteiger partial charge in [-0.05, 0) is 60.5 Å². The van der Waals surface area contributed by atoms with Gasteiger partial charge < -0.3 is 4.74 Å². The van der Waals surface area contributed by atoms with Crippen molar-refractivity contribution in [1.82, 2.24) is 4.90 Å². The van der Waals surface area contributed by atoms with Gasteiger partial charge in [0.1, 0.15) is 5.75 Å². The summed E-state index contributed by atoms with van der Waals surface area (Å²) in [7, 11) is 1.66. The Hall–Kier alpha value is -2.53. The van der Waals surface area contributed by atoms with Gasteiger partial charge in [-0.2, -0.15) is 0 Å². The van der Waals surface area contributed by atoms with Gasteiger partial charge in [0, 0.05) is 6.54 Å². The molecule has 1 heterocycles. The molecule has 0 radical (unpaired) electrons. The largest absolute Gasteiger partial charge is 0.496 e. The SMILES string of the molecule is CCCN1C(=O)/C(=C\c2ccc(C)c(OC)c2)SC1=Nc1ccccc1. The number of carbonyl (C=O) groups excluding carboxylic acids is 1. The van der Waals surface area contributed by atoms with Crippen molar-refractivity contribution in [1.29, 1.82) is 0 Å². The summed E-state index contributed by atoms with van der Waals surface area (Å²) in [4.78, 5) is 20.0. The summed E-state index contributed by atoms with van der Waals surface area (Å²) in [5.41, 5.74) is 2.86. The zero-order valence-electron chi connectivity index (χ0n) is 15.2. The van der Waals surface area contributed by atoms with Crippen LogP contribution in [0.4, 0.5) is 5.69 Å². The van der Waals surface area contributed by atoms with Crippen molar-refractivity contribution in [2.24, 2.45) is 4.99 Å². The first kappa shape index (κ1) is 18.3. The molecule has 26 heavy (non-hydrogen) atoms. The Kier molecular flexibility index (Phi) is 5.78. The predicted octanol–water partition coefficient (Wildman–Crippen LogP) is 5.02. The molecule has 3 rings (SSSR count). The molecule has 0 aromatic heterocycles. The average Bonchev–Trinajstić information content (AvgIpc) is 2.93. The van der Waals surface area contributed by atoms with Crippen molar-refractivity contribution >= 4 is 34.6 Å². The Bertz CT molecular complexity index is 860. The molecule has 1 saturated heterocycles. The van der Waals surface area contributed by atoms with Crippen molar-refractivity contribution in [3.05, 3.63) is 64.6 Å². The lowest BCUT2D eigenvalue weighted by Crippen LogP contribution is -2.29. The number of para-hydroxylation sites is 1. The molecule has 0 bridgehead atoms. The lowest BCUT2D eigenvalue weighted by atomic mass is 10.1. The highest BCUT2D eigenvalue weighted by Gasteiger charge is 2.32. The molecule has 0 unspecified atom stereocenters. The van der Waals surface area contributed by atoms with Crippen LogP contribution < -0.4 is 4.74 Å². The van der Waals surface area contributed by atoms with Crippen molar-refractivity contribution in [2.45, 2.75) is 20.3 Å². The smallest absolute Gasteiger partial charge is 0.266 e. The molecule has 2 aromatic carbocycles. The van der Waals surface area contributed by atoms with E-state index in [1.807, 2.05) is 61.5 Å². The Morgan fingerprint density at radius 2 is 1.96 bits per heavy atom. The van der Waals surface area contributed by atoms with E-state index in [2.05, 4.69) is 11.9 Å². The quantitative estimate of drug-likeness (QED) is 0.698. The summed E-state index contributed by atoms with van der Waals surface area (Å²) >= 11 is 1.42. The third-order valence-electron chi connectivity index (χ3n) is 4.05.